The van der Waals surface area contributed by atoms with Crippen molar-refractivity contribution in [2.75, 3.05) is 19.6 Å². The van der Waals surface area contributed by atoms with Gasteiger partial charge in [0.05, 0.1) is 0 Å². The highest BCUT2D eigenvalue weighted by Crippen LogP contribution is 2.00. The minimum atomic E-state index is 0.704. The first kappa shape index (κ1) is 8.02. The molecule has 1 saturated heterocycles. The van der Waals surface area contributed by atoms with E-state index < -0.39 is 0 Å². The Bertz CT molecular complexity index is 77.3. The predicted octanol–water partition coefficient (Wildman–Crippen LogP) is 0.552. The second-order valence-electron chi connectivity index (χ2n) is 2.85. The van der Waals surface area contributed by atoms with E-state index in [0.29, 0.717) is 6.04 Å². The van der Waals surface area contributed by atoms with Crippen molar-refractivity contribution in [1.82, 2.24) is 10.6 Å². The van der Waals surface area contributed by atoms with Gasteiger partial charge in [0.25, 0.3) is 0 Å². The van der Waals surface area contributed by atoms with Gasteiger partial charge in [-0.05, 0) is 6.42 Å². The quantitative estimate of drug-likeness (QED) is 0.600. The molecule has 0 aromatic carbocycles. The SMILES string of the molecule is [CH2]CCCC1CNCCN1. The van der Waals surface area contributed by atoms with E-state index in [4.69, 9.17) is 0 Å². The van der Waals surface area contributed by atoms with Crippen molar-refractivity contribution < 1.29 is 0 Å². The van der Waals surface area contributed by atoms with Crippen molar-refractivity contribution in [2.24, 2.45) is 0 Å². The summed E-state index contributed by atoms with van der Waals surface area (Å²) < 4.78 is 0. The Kier molecular flexibility index (Phi) is 3.76. The molecule has 1 aliphatic heterocycles. The summed E-state index contributed by atoms with van der Waals surface area (Å²) in [6, 6.07) is 0.704. The number of hydrogen-bond acceptors (Lipinski definition) is 2. The summed E-state index contributed by atoms with van der Waals surface area (Å²) in [5, 5.41) is 6.82. The number of hydrogen-bond donors (Lipinski definition) is 2. The first-order chi connectivity index (χ1) is 4.93. The van der Waals surface area contributed by atoms with Crippen LogP contribution in [0.3, 0.4) is 0 Å². The number of rotatable bonds is 3. The van der Waals surface area contributed by atoms with Crippen molar-refractivity contribution in [3.05, 3.63) is 6.92 Å². The lowest BCUT2D eigenvalue weighted by atomic mass is 10.1. The van der Waals surface area contributed by atoms with E-state index in [9.17, 15) is 0 Å². The Morgan fingerprint density at radius 3 is 2.90 bits per heavy atom. The van der Waals surface area contributed by atoms with Crippen LogP contribution in [0.15, 0.2) is 0 Å². The third-order valence-electron chi connectivity index (χ3n) is 1.93. The van der Waals surface area contributed by atoms with E-state index >= 15 is 0 Å². The maximum Gasteiger partial charge on any atom is 0.0193 e. The van der Waals surface area contributed by atoms with Crippen molar-refractivity contribution in [1.29, 1.82) is 0 Å². The van der Waals surface area contributed by atoms with E-state index in [2.05, 4.69) is 17.6 Å². The molecule has 0 spiro atoms. The molecule has 0 bridgehead atoms. The molecule has 0 aromatic heterocycles. The van der Waals surface area contributed by atoms with Crippen molar-refractivity contribution in [3.8, 4) is 0 Å². The van der Waals surface area contributed by atoms with Gasteiger partial charge in [-0.15, -0.1) is 0 Å². The first-order valence-corrected chi connectivity index (χ1v) is 4.17. The van der Waals surface area contributed by atoms with E-state index in [1.54, 1.807) is 0 Å². The Morgan fingerprint density at radius 1 is 1.40 bits per heavy atom. The Labute approximate surface area is 63.4 Å². The van der Waals surface area contributed by atoms with Crippen LogP contribution in [0.5, 0.6) is 0 Å². The maximum atomic E-state index is 3.82. The molecular weight excluding hydrogens is 124 g/mol. The predicted molar refractivity (Wildman–Crippen MR) is 43.9 cm³/mol. The molecule has 1 aliphatic rings. The summed E-state index contributed by atoms with van der Waals surface area (Å²) in [5.41, 5.74) is 0. The van der Waals surface area contributed by atoms with Crippen LogP contribution < -0.4 is 10.6 Å². The van der Waals surface area contributed by atoms with E-state index in [1.165, 1.54) is 12.8 Å². The van der Waals surface area contributed by atoms with Gasteiger partial charge in [0.15, 0.2) is 0 Å². The van der Waals surface area contributed by atoms with Gasteiger partial charge in [-0.2, -0.15) is 0 Å². The summed E-state index contributed by atoms with van der Waals surface area (Å²) in [6.45, 7) is 7.21. The molecule has 0 amide bonds. The fourth-order valence-corrected chi connectivity index (χ4v) is 1.31. The third kappa shape index (κ3) is 2.67. The lowest BCUT2D eigenvalue weighted by Crippen LogP contribution is -2.48. The zero-order valence-electron chi connectivity index (χ0n) is 6.53. The number of unbranched alkanes of at least 4 members (excludes halogenated alkanes) is 1. The molecular formula is C8H17N2. The highest BCUT2D eigenvalue weighted by molar-refractivity contribution is 4.74. The van der Waals surface area contributed by atoms with Gasteiger partial charge >= 0.3 is 0 Å². The molecule has 1 atom stereocenters. The number of nitrogens with one attached hydrogen (secondary N) is 2. The first-order valence-electron chi connectivity index (χ1n) is 4.17. The Morgan fingerprint density at radius 2 is 2.30 bits per heavy atom. The highest BCUT2D eigenvalue weighted by Gasteiger charge is 2.09. The normalized spacial score (nSPS) is 26.7. The van der Waals surface area contributed by atoms with Gasteiger partial charge in [-0.3, -0.25) is 0 Å². The molecule has 1 fully saturated rings. The largest absolute Gasteiger partial charge is 0.314 e. The third-order valence-corrected chi connectivity index (χ3v) is 1.93. The summed E-state index contributed by atoms with van der Waals surface area (Å²) in [5.74, 6) is 0. The molecule has 1 unspecified atom stereocenters. The average Bonchev–Trinajstić information content (AvgIpc) is 2.03. The lowest BCUT2D eigenvalue weighted by Gasteiger charge is -2.24. The Balaban J connectivity index is 2.02. The molecule has 2 nitrogen and oxygen atoms in total. The lowest BCUT2D eigenvalue weighted by molar-refractivity contribution is 0.393. The molecule has 2 N–H and O–H groups in total. The fourth-order valence-electron chi connectivity index (χ4n) is 1.31. The fraction of sp³-hybridized carbons (Fsp3) is 0.875. The monoisotopic (exact) mass is 141 g/mol. The summed E-state index contributed by atoms with van der Waals surface area (Å²) in [7, 11) is 0. The molecule has 10 heavy (non-hydrogen) atoms. The van der Waals surface area contributed by atoms with Gasteiger partial charge in [-0.25, -0.2) is 0 Å². The molecule has 0 saturated carbocycles. The van der Waals surface area contributed by atoms with Crippen molar-refractivity contribution in [2.45, 2.75) is 25.3 Å². The Hall–Kier alpha value is -0.0800. The van der Waals surface area contributed by atoms with Gasteiger partial charge in [0.1, 0.15) is 0 Å². The molecule has 1 radical (unpaired) electrons. The molecule has 0 aromatic rings. The van der Waals surface area contributed by atoms with Crippen LogP contribution >= 0.6 is 0 Å². The summed E-state index contributed by atoms with van der Waals surface area (Å²) in [4.78, 5) is 0. The van der Waals surface area contributed by atoms with E-state index in [-0.39, 0.29) is 0 Å². The topological polar surface area (TPSA) is 24.1 Å². The summed E-state index contributed by atoms with van der Waals surface area (Å²) >= 11 is 0. The van der Waals surface area contributed by atoms with Crippen LogP contribution in [0.2, 0.25) is 0 Å². The van der Waals surface area contributed by atoms with Gasteiger partial charge in [0, 0.05) is 25.7 Å². The standard InChI is InChI=1S/C8H17N2/c1-2-3-4-8-7-9-5-6-10-8/h8-10H,1-7H2. The van der Waals surface area contributed by atoms with Crippen LogP contribution in [0.1, 0.15) is 19.3 Å². The zero-order valence-corrected chi connectivity index (χ0v) is 6.53. The van der Waals surface area contributed by atoms with Crippen LogP contribution in [0.25, 0.3) is 0 Å². The van der Waals surface area contributed by atoms with Gasteiger partial charge < -0.3 is 10.6 Å². The minimum absolute atomic E-state index is 0.704. The van der Waals surface area contributed by atoms with Crippen LogP contribution in [-0.2, 0) is 0 Å². The molecule has 1 rings (SSSR count). The average molecular weight is 141 g/mol. The van der Waals surface area contributed by atoms with Gasteiger partial charge in [0.2, 0.25) is 0 Å². The second-order valence-corrected chi connectivity index (χ2v) is 2.85. The smallest absolute Gasteiger partial charge is 0.0193 e. The van der Waals surface area contributed by atoms with Gasteiger partial charge in [-0.1, -0.05) is 19.8 Å². The van der Waals surface area contributed by atoms with Crippen molar-refractivity contribution in [3.63, 3.8) is 0 Å². The zero-order chi connectivity index (χ0) is 7.23. The number of piperazine rings is 1. The molecule has 1 heterocycles. The second kappa shape index (κ2) is 4.69. The van der Waals surface area contributed by atoms with Crippen LogP contribution in [-0.4, -0.2) is 25.7 Å². The minimum Gasteiger partial charge on any atom is -0.314 e. The maximum absolute atomic E-state index is 3.82. The molecule has 59 valence electrons. The summed E-state index contributed by atoms with van der Waals surface area (Å²) in [6.07, 6.45) is 3.59. The highest BCUT2D eigenvalue weighted by atomic mass is 15.0. The van der Waals surface area contributed by atoms with Crippen LogP contribution in [0.4, 0.5) is 0 Å². The van der Waals surface area contributed by atoms with E-state index in [0.717, 1.165) is 26.1 Å². The molecule has 2 heteroatoms. The van der Waals surface area contributed by atoms with Crippen LogP contribution in [0, 0.1) is 6.92 Å². The molecule has 0 aliphatic carbocycles. The van der Waals surface area contributed by atoms with Crippen molar-refractivity contribution >= 4 is 0 Å². The van der Waals surface area contributed by atoms with E-state index in [1.807, 2.05) is 0 Å².